The predicted octanol–water partition coefficient (Wildman–Crippen LogP) is 2.72. The number of rotatable bonds is 6. The molecule has 1 atom stereocenters. The Kier molecular flexibility index (Phi) is 5.29. The highest BCUT2D eigenvalue weighted by Crippen LogP contribution is 2.20. The standard InChI is InChI=1S/C14H25N3/c1-5-17(6-2)10-12(4)16-14-9-11(3)7-8-13(14)15/h7-9,12,16H,5-6,10,15H2,1-4H3. The second-order valence-electron chi connectivity index (χ2n) is 4.62. The van der Waals surface area contributed by atoms with Crippen molar-refractivity contribution in [2.45, 2.75) is 33.7 Å². The van der Waals surface area contributed by atoms with Crippen LogP contribution in [0.25, 0.3) is 0 Å². The SMILES string of the molecule is CCN(CC)CC(C)Nc1cc(C)ccc1N. The predicted molar refractivity (Wildman–Crippen MR) is 76.5 cm³/mol. The quantitative estimate of drug-likeness (QED) is 0.745. The van der Waals surface area contributed by atoms with Gasteiger partial charge in [0.1, 0.15) is 0 Å². The molecular formula is C14H25N3. The van der Waals surface area contributed by atoms with Crippen molar-refractivity contribution < 1.29 is 0 Å². The third-order valence-electron chi connectivity index (χ3n) is 3.04. The van der Waals surface area contributed by atoms with E-state index in [1.54, 1.807) is 0 Å². The maximum Gasteiger partial charge on any atom is 0.0579 e. The molecule has 3 nitrogen and oxygen atoms in total. The Morgan fingerprint density at radius 1 is 1.29 bits per heavy atom. The minimum absolute atomic E-state index is 0.402. The van der Waals surface area contributed by atoms with E-state index in [2.05, 4.69) is 44.0 Å². The number of hydrogen-bond acceptors (Lipinski definition) is 3. The number of benzene rings is 1. The van der Waals surface area contributed by atoms with Crippen LogP contribution < -0.4 is 11.1 Å². The van der Waals surface area contributed by atoms with Crippen LogP contribution in [-0.4, -0.2) is 30.6 Å². The molecule has 0 amide bonds. The van der Waals surface area contributed by atoms with Gasteiger partial charge in [0.05, 0.1) is 11.4 Å². The Morgan fingerprint density at radius 2 is 1.94 bits per heavy atom. The summed E-state index contributed by atoms with van der Waals surface area (Å²) in [5.74, 6) is 0. The van der Waals surface area contributed by atoms with Crippen LogP contribution in [0, 0.1) is 6.92 Å². The first-order valence-corrected chi connectivity index (χ1v) is 6.41. The van der Waals surface area contributed by atoms with Crippen molar-refractivity contribution in [3.8, 4) is 0 Å². The van der Waals surface area contributed by atoms with Crippen molar-refractivity contribution >= 4 is 11.4 Å². The Bertz CT molecular complexity index is 345. The van der Waals surface area contributed by atoms with Crippen molar-refractivity contribution in [1.82, 2.24) is 4.90 Å². The zero-order valence-corrected chi connectivity index (χ0v) is 11.5. The number of anilines is 2. The second kappa shape index (κ2) is 6.50. The summed E-state index contributed by atoms with van der Waals surface area (Å²) in [7, 11) is 0. The number of hydrogen-bond donors (Lipinski definition) is 2. The molecule has 1 rings (SSSR count). The van der Waals surface area contributed by atoms with Crippen molar-refractivity contribution in [3.63, 3.8) is 0 Å². The van der Waals surface area contributed by atoms with Gasteiger partial charge < -0.3 is 16.0 Å². The summed E-state index contributed by atoms with van der Waals surface area (Å²) in [5.41, 5.74) is 9.06. The summed E-state index contributed by atoms with van der Waals surface area (Å²) in [4.78, 5) is 2.41. The lowest BCUT2D eigenvalue weighted by molar-refractivity contribution is 0.295. The number of aryl methyl sites for hydroxylation is 1. The number of nitrogen functional groups attached to an aromatic ring is 1. The zero-order valence-electron chi connectivity index (χ0n) is 11.5. The van der Waals surface area contributed by atoms with Crippen molar-refractivity contribution in [2.75, 3.05) is 30.7 Å². The molecule has 0 spiro atoms. The van der Waals surface area contributed by atoms with Gasteiger partial charge >= 0.3 is 0 Å². The van der Waals surface area contributed by atoms with E-state index in [0.29, 0.717) is 6.04 Å². The molecule has 0 aliphatic rings. The maximum atomic E-state index is 5.96. The van der Waals surface area contributed by atoms with Gasteiger partial charge in [-0.2, -0.15) is 0 Å². The Hall–Kier alpha value is -1.22. The molecule has 0 fully saturated rings. The highest BCUT2D eigenvalue weighted by molar-refractivity contribution is 5.67. The Balaban J connectivity index is 2.61. The molecule has 0 heterocycles. The number of likely N-dealkylation sites (N-methyl/N-ethyl adjacent to an activating group) is 1. The van der Waals surface area contributed by atoms with Crippen LogP contribution in [0.3, 0.4) is 0 Å². The molecule has 1 unspecified atom stereocenters. The smallest absolute Gasteiger partial charge is 0.0579 e. The molecule has 3 heteroatoms. The molecule has 96 valence electrons. The van der Waals surface area contributed by atoms with E-state index in [4.69, 9.17) is 5.73 Å². The molecule has 0 aromatic heterocycles. The minimum atomic E-state index is 0.402. The van der Waals surface area contributed by atoms with Crippen molar-refractivity contribution in [3.05, 3.63) is 23.8 Å². The van der Waals surface area contributed by atoms with E-state index in [1.807, 2.05) is 12.1 Å². The third kappa shape index (κ3) is 4.27. The van der Waals surface area contributed by atoms with Crippen LogP contribution in [0.1, 0.15) is 26.3 Å². The van der Waals surface area contributed by atoms with Crippen LogP contribution in [0.4, 0.5) is 11.4 Å². The average Bonchev–Trinajstić information content (AvgIpc) is 2.31. The summed E-state index contributed by atoms with van der Waals surface area (Å²) in [6.07, 6.45) is 0. The lowest BCUT2D eigenvalue weighted by atomic mass is 10.1. The number of nitrogens with two attached hydrogens (primary N) is 1. The highest BCUT2D eigenvalue weighted by atomic mass is 15.1. The fourth-order valence-electron chi connectivity index (χ4n) is 1.98. The Labute approximate surface area is 105 Å². The van der Waals surface area contributed by atoms with Crippen LogP contribution in [0.5, 0.6) is 0 Å². The molecule has 1 aromatic rings. The van der Waals surface area contributed by atoms with Gasteiger partial charge in [-0.25, -0.2) is 0 Å². The molecular weight excluding hydrogens is 210 g/mol. The van der Waals surface area contributed by atoms with Crippen LogP contribution in [0.2, 0.25) is 0 Å². The van der Waals surface area contributed by atoms with Gasteiger partial charge in [-0.05, 0) is 44.6 Å². The summed E-state index contributed by atoms with van der Waals surface area (Å²) in [6.45, 7) is 11.9. The molecule has 0 bridgehead atoms. The number of nitrogens with one attached hydrogen (secondary N) is 1. The first-order chi connectivity index (χ1) is 8.06. The average molecular weight is 235 g/mol. The van der Waals surface area contributed by atoms with Gasteiger partial charge in [-0.3, -0.25) is 0 Å². The third-order valence-corrected chi connectivity index (χ3v) is 3.04. The van der Waals surface area contributed by atoms with E-state index >= 15 is 0 Å². The number of nitrogens with zero attached hydrogens (tertiary/aromatic N) is 1. The summed E-state index contributed by atoms with van der Waals surface area (Å²) in [6, 6.07) is 6.50. The van der Waals surface area contributed by atoms with Gasteiger partial charge in [0.15, 0.2) is 0 Å². The van der Waals surface area contributed by atoms with Crippen LogP contribution in [-0.2, 0) is 0 Å². The van der Waals surface area contributed by atoms with Gasteiger partial charge in [-0.15, -0.1) is 0 Å². The monoisotopic (exact) mass is 235 g/mol. The summed E-state index contributed by atoms with van der Waals surface area (Å²) < 4.78 is 0. The molecule has 0 aliphatic carbocycles. The maximum absolute atomic E-state index is 5.96. The normalized spacial score (nSPS) is 12.8. The van der Waals surface area contributed by atoms with Crippen molar-refractivity contribution in [1.29, 1.82) is 0 Å². The molecule has 1 aromatic carbocycles. The second-order valence-corrected chi connectivity index (χ2v) is 4.62. The van der Waals surface area contributed by atoms with E-state index < -0.39 is 0 Å². The Morgan fingerprint density at radius 3 is 2.53 bits per heavy atom. The zero-order chi connectivity index (χ0) is 12.8. The van der Waals surface area contributed by atoms with E-state index in [0.717, 1.165) is 31.0 Å². The molecule has 0 radical (unpaired) electrons. The van der Waals surface area contributed by atoms with Gasteiger partial charge in [-0.1, -0.05) is 19.9 Å². The lowest BCUT2D eigenvalue weighted by Crippen LogP contribution is -2.34. The lowest BCUT2D eigenvalue weighted by Gasteiger charge is -2.24. The first kappa shape index (κ1) is 13.8. The summed E-state index contributed by atoms with van der Waals surface area (Å²) >= 11 is 0. The molecule has 3 N–H and O–H groups in total. The summed E-state index contributed by atoms with van der Waals surface area (Å²) in [5, 5.41) is 3.48. The topological polar surface area (TPSA) is 41.3 Å². The van der Waals surface area contributed by atoms with Crippen LogP contribution in [0.15, 0.2) is 18.2 Å². The fraction of sp³-hybridized carbons (Fsp3) is 0.571. The van der Waals surface area contributed by atoms with Gasteiger partial charge in [0.2, 0.25) is 0 Å². The molecule has 17 heavy (non-hydrogen) atoms. The largest absolute Gasteiger partial charge is 0.397 e. The minimum Gasteiger partial charge on any atom is -0.397 e. The van der Waals surface area contributed by atoms with Crippen molar-refractivity contribution in [2.24, 2.45) is 0 Å². The van der Waals surface area contributed by atoms with E-state index in [1.165, 1.54) is 5.56 Å². The van der Waals surface area contributed by atoms with E-state index in [-0.39, 0.29) is 0 Å². The van der Waals surface area contributed by atoms with Gasteiger partial charge in [0.25, 0.3) is 0 Å². The van der Waals surface area contributed by atoms with Gasteiger partial charge in [0, 0.05) is 12.6 Å². The van der Waals surface area contributed by atoms with Crippen LogP contribution >= 0.6 is 0 Å². The molecule has 0 aliphatic heterocycles. The van der Waals surface area contributed by atoms with E-state index in [9.17, 15) is 0 Å². The highest BCUT2D eigenvalue weighted by Gasteiger charge is 2.08. The first-order valence-electron chi connectivity index (χ1n) is 6.41. The molecule has 0 saturated carbocycles. The fourth-order valence-corrected chi connectivity index (χ4v) is 1.98. The molecule has 0 saturated heterocycles.